The van der Waals surface area contributed by atoms with Gasteiger partial charge in [-0.1, -0.05) is 36.2 Å². The average Bonchev–Trinajstić information content (AvgIpc) is 2.98. The molecule has 0 aliphatic carbocycles. The van der Waals surface area contributed by atoms with E-state index >= 15 is 0 Å². The lowest BCUT2D eigenvalue weighted by Gasteiger charge is -2.19. The molecule has 1 aromatic carbocycles. The summed E-state index contributed by atoms with van der Waals surface area (Å²) in [6.07, 6.45) is 3.38. The predicted octanol–water partition coefficient (Wildman–Crippen LogP) is 3.91. The lowest BCUT2D eigenvalue weighted by molar-refractivity contribution is -0.150. The van der Waals surface area contributed by atoms with Crippen molar-refractivity contribution >= 4 is 34.8 Å². The lowest BCUT2D eigenvalue weighted by atomic mass is 10.2. The minimum atomic E-state index is -0.400. The molecule has 0 N–H and O–H groups in total. The van der Waals surface area contributed by atoms with Crippen LogP contribution in [0, 0.1) is 0 Å². The average molecular weight is 379 g/mol. The molecule has 0 saturated carbocycles. The highest BCUT2D eigenvalue weighted by Crippen LogP contribution is 2.30. The monoisotopic (exact) mass is 378 g/mol. The number of halogens is 1. The Labute approximate surface area is 155 Å². The molecule has 25 heavy (non-hydrogen) atoms. The third-order valence-electron chi connectivity index (χ3n) is 4.03. The third-order valence-corrected chi connectivity index (χ3v) is 5.28. The first-order valence-electron chi connectivity index (χ1n) is 8.26. The smallest absolute Gasteiger partial charge is 0.326 e. The molecular formula is C18H19ClN2O3S. The van der Waals surface area contributed by atoms with Gasteiger partial charge in [0.05, 0.1) is 10.7 Å². The van der Waals surface area contributed by atoms with Gasteiger partial charge in [0.15, 0.2) is 0 Å². The van der Waals surface area contributed by atoms with Gasteiger partial charge in [0.25, 0.3) is 0 Å². The van der Waals surface area contributed by atoms with Crippen LogP contribution in [0.4, 0.5) is 0 Å². The van der Waals surface area contributed by atoms with Crippen molar-refractivity contribution in [2.45, 2.75) is 32.3 Å². The molecule has 0 unspecified atom stereocenters. The van der Waals surface area contributed by atoms with Crippen molar-refractivity contribution < 1.29 is 14.3 Å². The second kappa shape index (κ2) is 8.45. The van der Waals surface area contributed by atoms with E-state index < -0.39 is 5.97 Å². The fourth-order valence-electron chi connectivity index (χ4n) is 2.69. The van der Waals surface area contributed by atoms with Crippen LogP contribution < -0.4 is 0 Å². The van der Waals surface area contributed by atoms with Crippen LogP contribution in [-0.2, 0) is 20.9 Å². The number of aromatic nitrogens is 1. The number of benzene rings is 1. The van der Waals surface area contributed by atoms with E-state index in [-0.39, 0.29) is 19.1 Å². The fourth-order valence-corrected chi connectivity index (χ4v) is 3.82. The number of hydrogen-bond donors (Lipinski definition) is 0. The summed E-state index contributed by atoms with van der Waals surface area (Å²) in [5, 5.41) is 3.28. The summed E-state index contributed by atoms with van der Waals surface area (Å²) in [5.41, 5.74) is 1.54. The normalized spacial score (nSPS) is 15.1. The zero-order valence-corrected chi connectivity index (χ0v) is 15.3. The Hall–Kier alpha value is -1.92. The predicted molar refractivity (Wildman–Crippen MR) is 97.4 cm³/mol. The lowest BCUT2D eigenvalue weighted by Crippen LogP contribution is -2.35. The molecule has 1 amide bonds. The number of hydrogen-bond acceptors (Lipinski definition) is 5. The Morgan fingerprint density at radius 1 is 1.28 bits per heavy atom. The second-order valence-corrected chi connectivity index (χ2v) is 7.18. The summed E-state index contributed by atoms with van der Waals surface area (Å²) in [4.78, 5) is 30.0. The summed E-state index contributed by atoms with van der Waals surface area (Å²) in [5.74, 6) is -0.369. The number of carbonyl (C=O) groups excluding carboxylic acids is 2. The summed E-state index contributed by atoms with van der Waals surface area (Å²) in [7, 11) is 0. The minimum Gasteiger partial charge on any atom is -0.458 e. The number of nitrogens with zero attached hydrogens (tertiary/aromatic N) is 2. The van der Waals surface area contributed by atoms with Crippen LogP contribution in [-0.4, -0.2) is 34.8 Å². The molecule has 2 heterocycles. The molecule has 0 bridgehead atoms. The van der Waals surface area contributed by atoms with E-state index in [9.17, 15) is 9.59 Å². The molecule has 1 saturated heterocycles. The van der Waals surface area contributed by atoms with E-state index in [1.54, 1.807) is 4.90 Å². The highest BCUT2D eigenvalue weighted by molar-refractivity contribution is 7.13. The topological polar surface area (TPSA) is 59.5 Å². The van der Waals surface area contributed by atoms with E-state index in [0.717, 1.165) is 29.8 Å². The molecule has 7 heteroatoms. The van der Waals surface area contributed by atoms with Gasteiger partial charge in [-0.3, -0.25) is 9.59 Å². The van der Waals surface area contributed by atoms with Gasteiger partial charge in [-0.15, -0.1) is 11.3 Å². The first-order chi connectivity index (χ1) is 12.1. The van der Waals surface area contributed by atoms with E-state index in [1.165, 1.54) is 11.3 Å². The van der Waals surface area contributed by atoms with Crippen LogP contribution in [0.25, 0.3) is 10.6 Å². The molecule has 1 aliphatic rings. The van der Waals surface area contributed by atoms with E-state index in [4.69, 9.17) is 16.3 Å². The van der Waals surface area contributed by atoms with E-state index in [1.807, 2.05) is 29.6 Å². The number of carbonyl (C=O) groups is 2. The molecule has 1 aliphatic heterocycles. The molecule has 132 valence electrons. The Morgan fingerprint density at radius 3 is 2.96 bits per heavy atom. The van der Waals surface area contributed by atoms with Gasteiger partial charge in [-0.25, -0.2) is 4.98 Å². The Bertz CT molecular complexity index is 762. The summed E-state index contributed by atoms with van der Waals surface area (Å²) in [6.45, 7) is 0.740. The van der Waals surface area contributed by atoms with Crippen LogP contribution in [0.15, 0.2) is 29.6 Å². The molecule has 0 radical (unpaired) electrons. The molecule has 5 nitrogen and oxygen atoms in total. The van der Waals surface area contributed by atoms with Gasteiger partial charge >= 0.3 is 5.97 Å². The number of likely N-dealkylation sites (tertiary alicyclic amines) is 1. The third kappa shape index (κ3) is 4.80. The molecule has 0 spiro atoms. The van der Waals surface area contributed by atoms with Crippen LogP contribution in [0.1, 0.15) is 31.4 Å². The van der Waals surface area contributed by atoms with Crippen LogP contribution in [0.3, 0.4) is 0 Å². The van der Waals surface area contributed by atoms with Gasteiger partial charge in [-0.05, 0) is 18.9 Å². The second-order valence-electron chi connectivity index (χ2n) is 5.91. The highest BCUT2D eigenvalue weighted by atomic mass is 35.5. The Morgan fingerprint density at radius 2 is 2.12 bits per heavy atom. The van der Waals surface area contributed by atoms with Crippen LogP contribution >= 0.6 is 22.9 Å². The highest BCUT2D eigenvalue weighted by Gasteiger charge is 2.20. The standard InChI is InChI=1S/C18H19ClN2O3S/c19-15-7-4-3-6-14(15)18-20-13(12-25-18)11-24-17(23)10-21-9-5-1-2-8-16(21)22/h3-4,6-7,12H,1-2,5,8-11H2. The number of rotatable bonds is 5. The SMILES string of the molecule is O=C(CN1CCCCCC1=O)OCc1csc(-c2ccccc2Cl)n1. The maximum absolute atomic E-state index is 12.0. The molecular weight excluding hydrogens is 360 g/mol. The van der Waals surface area contributed by atoms with Crippen molar-refractivity contribution in [2.75, 3.05) is 13.1 Å². The number of thiazole rings is 1. The number of amides is 1. The fraction of sp³-hybridized carbons (Fsp3) is 0.389. The van der Waals surface area contributed by atoms with Crippen LogP contribution in [0.5, 0.6) is 0 Å². The first kappa shape index (κ1) is 17.9. The van der Waals surface area contributed by atoms with Crippen molar-refractivity contribution in [1.29, 1.82) is 0 Å². The summed E-state index contributed by atoms with van der Waals surface area (Å²) >= 11 is 7.63. The van der Waals surface area contributed by atoms with E-state index in [2.05, 4.69) is 4.98 Å². The first-order valence-corrected chi connectivity index (χ1v) is 9.52. The molecule has 2 aromatic rings. The zero-order chi connectivity index (χ0) is 17.6. The largest absolute Gasteiger partial charge is 0.458 e. The number of esters is 1. The Kier molecular flexibility index (Phi) is 6.04. The van der Waals surface area contributed by atoms with Crippen molar-refractivity contribution in [2.24, 2.45) is 0 Å². The quantitative estimate of drug-likeness (QED) is 0.740. The molecule has 1 fully saturated rings. The van der Waals surface area contributed by atoms with Crippen molar-refractivity contribution in [3.05, 3.63) is 40.4 Å². The molecule has 3 rings (SSSR count). The zero-order valence-electron chi connectivity index (χ0n) is 13.7. The maximum Gasteiger partial charge on any atom is 0.326 e. The van der Waals surface area contributed by atoms with Crippen molar-refractivity contribution in [3.63, 3.8) is 0 Å². The van der Waals surface area contributed by atoms with Gasteiger partial charge in [0.1, 0.15) is 18.2 Å². The van der Waals surface area contributed by atoms with Gasteiger partial charge < -0.3 is 9.64 Å². The van der Waals surface area contributed by atoms with Gasteiger partial charge in [-0.2, -0.15) is 0 Å². The summed E-state index contributed by atoms with van der Waals surface area (Å²) < 4.78 is 5.28. The van der Waals surface area contributed by atoms with Crippen LogP contribution in [0.2, 0.25) is 5.02 Å². The van der Waals surface area contributed by atoms with Crippen molar-refractivity contribution in [1.82, 2.24) is 9.88 Å². The molecule has 0 atom stereocenters. The molecule has 1 aromatic heterocycles. The maximum atomic E-state index is 12.0. The van der Waals surface area contributed by atoms with Gasteiger partial charge in [0.2, 0.25) is 5.91 Å². The Balaban J connectivity index is 1.54. The van der Waals surface area contributed by atoms with E-state index in [0.29, 0.717) is 23.7 Å². The van der Waals surface area contributed by atoms with Crippen molar-refractivity contribution in [3.8, 4) is 10.6 Å². The van der Waals surface area contributed by atoms with Gasteiger partial charge in [0, 0.05) is 23.9 Å². The minimum absolute atomic E-state index is 0.0142. The summed E-state index contributed by atoms with van der Waals surface area (Å²) in [6, 6.07) is 7.49. The number of ether oxygens (including phenoxy) is 1.